The first-order chi connectivity index (χ1) is 9.45. The van der Waals surface area contributed by atoms with E-state index in [9.17, 15) is 9.59 Å². The summed E-state index contributed by atoms with van der Waals surface area (Å²) >= 11 is 6.96. The third-order valence-electron chi connectivity index (χ3n) is 2.36. The summed E-state index contributed by atoms with van der Waals surface area (Å²) in [4.78, 5) is 30.5. The number of nitrogens with one attached hydrogen (secondary N) is 1. The van der Waals surface area contributed by atoms with Crippen LogP contribution >= 0.6 is 22.9 Å². The fourth-order valence-electron chi connectivity index (χ4n) is 1.51. The van der Waals surface area contributed by atoms with Gasteiger partial charge in [0.25, 0.3) is 5.91 Å². The smallest absolute Gasteiger partial charge is 0.355 e. The predicted octanol–water partition coefficient (Wildman–Crippen LogP) is 2.13. The number of hydrogen-bond acceptors (Lipinski definition) is 5. The van der Waals surface area contributed by atoms with Gasteiger partial charge in [-0.1, -0.05) is 11.6 Å². The van der Waals surface area contributed by atoms with Gasteiger partial charge in [-0.2, -0.15) is 0 Å². The van der Waals surface area contributed by atoms with E-state index in [1.165, 1.54) is 22.8 Å². The lowest BCUT2D eigenvalue weighted by atomic mass is 10.2. The number of amides is 1. The second kappa shape index (κ2) is 5.98. The van der Waals surface area contributed by atoms with E-state index >= 15 is 0 Å². The van der Waals surface area contributed by atoms with Gasteiger partial charge in [0.15, 0.2) is 5.69 Å². The molecule has 0 atom stereocenters. The van der Waals surface area contributed by atoms with Gasteiger partial charge in [-0.3, -0.25) is 4.79 Å². The van der Waals surface area contributed by atoms with Gasteiger partial charge in [-0.15, -0.1) is 11.3 Å². The molecule has 104 valence electrons. The van der Waals surface area contributed by atoms with Crippen molar-refractivity contribution in [3.63, 3.8) is 0 Å². The molecule has 0 fully saturated rings. The monoisotopic (exact) mass is 311 g/mol. The first-order valence-corrected chi connectivity index (χ1v) is 6.81. The summed E-state index contributed by atoms with van der Waals surface area (Å²) < 4.78 is 0. The lowest BCUT2D eigenvalue weighted by Gasteiger charge is -2.04. The normalized spacial score (nSPS) is 10.3. The Labute approximate surface area is 123 Å². The number of carboxylic acid groups (broad SMARTS) is 1. The maximum absolute atomic E-state index is 11.9. The third-order valence-corrected chi connectivity index (χ3v) is 3.40. The standard InChI is InChI=1S/C12H10ClN3O3S/c1-6-2-7(3-9(13)15-6)11(17)14-4-10-16-8(5-20-10)12(18)19/h2-3,5H,4H2,1H3,(H,14,17)(H,18,19). The summed E-state index contributed by atoms with van der Waals surface area (Å²) in [5.74, 6) is -1.40. The van der Waals surface area contributed by atoms with Gasteiger partial charge in [-0.25, -0.2) is 14.8 Å². The second-order valence-electron chi connectivity index (χ2n) is 3.93. The van der Waals surface area contributed by atoms with Crippen molar-refractivity contribution < 1.29 is 14.7 Å². The second-order valence-corrected chi connectivity index (χ2v) is 5.26. The average molecular weight is 312 g/mol. The summed E-state index contributed by atoms with van der Waals surface area (Å²) in [6.45, 7) is 1.90. The van der Waals surface area contributed by atoms with Crippen molar-refractivity contribution in [2.75, 3.05) is 0 Å². The minimum Gasteiger partial charge on any atom is -0.476 e. The van der Waals surface area contributed by atoms with Crippen molar-refractivity contribution in [1.82, 2.24) is 15.3 Å². The first kappa shape index (κ1) is 14.4. The molecule has 2 N–H and O–H groups in total. The minimum atomic E-state index is -1.09. The molecule has 1 amide bonds. The van der Waals surface area contributed by atoms with Crippen LogP contribution in [0.25, 0.3) is 0 Å². The minimum absolute atomic E-state index is 0.0259. The number of carboxylic acids is 1. The number of carbonyl (C=O) groups excluding carboxylic acids is 1. The van der Waals surface area contributed by atoms with E-state index in [4.69, 9.17) is 16.7 Å². The van der Waals surface area contributed by atoms with E-state index in [0.717, 1.165) is 0 Å². The summed E-state index contributed by atoms with van der Waals surface area (Å²) in [7, 11) is 0. The lowest BCUT2D eigenvalue weighted by Crippen LogP contribution is -2.23. The van der Waals surface area contributed by atoms with Crippen molar-refractivity contribution in [1.29, 1.82) is 0 Å². The van der Waals surface area contributed by atoms with E-state index in [-0.39, 0.29) is 23.3 Å². The van der Waals surface area contributed by atoms with Crippen LogP contribution in [0.3, 0.4) is 0 Å². The number of aromatic nitrogens is 2. The topological polar surface area (TPSA) is 92.2 Å². The number of nitrogens with zero attached hydrogens (tertiary/aromatic N) is 2. The van der Waals surface area contributed by atoms with Gasteiger partial charge in [0, 0.05) is 16.6 Å². The Balaban J connectivity index is 2.02. The average Bonchev–Trinajstić information content (AvgIpc) is 2.83. The van der Waals surface area contributed by atoms with Crippen LogP contribution in [-0.2, 0) is 6.54 Å². The predicted molar refractivity (Wildman–Crippen MR) is 74.2 cm³/mol. The Morgan fingerprint density at radius 3 is 2.75 bits per heavy atom. The van der Waals surface area contributed by atoms with Gasteiger partial charge >= 0.3 is 5.97 Å². The Hall–Kier alpha value is -1.99. The fourth-order valence-corrected chi connectivity index (χ4v) is 2.47. The molecule has 2 aromatic rings. The van der Waals surface area contributed by atoms with Gasteiger partial charge in [0.1, 0.15) is 10.2 Å². The summed E-state index contributed by atoms with van der Waals surface area (Å²) in [6, 6.07) is 3.08. The molecule has 2 aromatic heterocycles. The molecule has 0 aliphatic heterocycles. The van der Waals surface area contributed by atoms with Crippen LogP contribution in [0.1, 0.15) is 31.5 Å². The molecule has 2 heterocycles. The number of carbonyl (C=O) groups is 2. The van der Waals surface area contributed by atoms with E-state index in [1.54, 1.807) is 13.0 Å². The number of pyridine rings is 1. The van der Waals surface area contributed by atoms with E-state index in [1.807, 2.05) is 0 Å². The van der Waals surface area contributed by atoms with Crippen molar-refractivity contribution >= 4 is 34.8 Å². The molecule has 0 aliphatic rings. The molecule has 0 bridgehead atoms. The number of thiazole rings is 1. The van der Waals surface area contributed by atoms with Crippen LogP contribution in [0.15, 0.2) is 17.5 Å². The molecule has 0 unspecified atom stereocenters. The van der Waals surface area contributed by atoms with Gasteiger partial charge in [0.2, 0.25) is 0 Å². The molecule has 6 nitrogen and oxygen atoms in total. The molecule has 20 heavy (non-hydrogen) atoms. The van der Waals surface area contributed by atoms with Crippen LogP contribution in [-0.4, -0.2) is 27.0 Å². The van der Waals surface area contributed by atoms with Crippen LogP contribution in [0, 0.1) is 6.92 Å². The summed E-state index contributed by atoms with van der Waals surface area (Å²) in [5, 5.41) is 13.6. The Morgan fingerprint density at radius 1 is 1.40 bits per heavy atom. The molecule has 0 saturated heterocycles. The number of aryl methyl sites for hydroxylation is 1. The first-order valence-electron chi connectivity index (χ1n) is 5.56. The van der Waals surface area contributed by atoms with Crippen molar-refractivity contribution in [2.45, 2.75) is 13.5 Å². The maximum atomic E-state index is 11.9. The van der Waals surface area contributed by atoms with Gasteiger partial charge < -0.3 is 10.4 Å². The van der Waals surface area contributed by atoms with E-state index < -0.39 is 5.97 Å². The Kier molecular flexibility index (Phi) is 4.31. The zero-order valence-electron chi connectivity index (χ0n) is 10.4. The third kappa shape index (κ3) is 3.52. The highest BCUT2D eigenvalue weighted by atomic mass is 35.5. The molecule has 8 heteroatoms. The summed E-state index contributed by atoms with van der Waals surface area (Å²) in [6.07, 6.45) is 0. The van der Waals surface area contributed by atoms with Gasteiger partial charge in [-0.05, 0) is 19.1 Å². The SMILES string of the molecule is Cc1cc(C(=O)NCc2nc(C(=O)O)cs2)cc(Cl)n1. The molecular formula is C12H10ClN3O3S. The van der Waals surface area contributed by atoms with E-state index in [2.05, 4.69) is 15.3 Å². The molecule has 0 aliphatic carbocycles. The van der Waals surface area contributed by atoms with Crippen LogP contribution in [0.5, 0.6) is 0 Å². The number of rotatable bonds is 4. The highest BCUT2D eigenvalue weighted by Crippen LogP contribution is 2.12. The van der Waals surface area contributed by atoms with Crippen molar-refractivity contribution in [3.05, 3.63) is 44.6 Å². The molecule has 0 spiro atoms. The number of halogens is 1. The van der Waals surface area contributed by atoms with Gasteiger partial charge in [0.05, 0.1) is 6.54 Å². The lowest BCUT2D eigenvalue weighted by molar-refractivity contribution is 0.0691. The maximum Gasteiger partial charge on any atom is 0.355 e. The summed E-state index contributed by atoms with van der Waals surface area (Å²) in [5.41, 5.74) is 1.02. The van der Waals surface area contributed by atoms with E-state index in [0.29, 0.717) is 16.3 Å². The van der Waals surface area contributed by atoms with Crippen LogP contribution in [0.4, 0.5) is 0 Å². The zero-order chi connectivity index (χ0) is 14.7. The van der Waals surface area contributed by atoms with Crippen LogP contribution < -0.4 is 5.32 Å². The largest absolute Gasteiger partial charge is 0.476 e. The van der Waals surface area contributed by atoms with Crippen molar-refractivity contribution in [2.24, 2.45) is 0 Å². The molecule has 0 radical (unpaired) electrons. The van der Waals surface area contributed by atoms with Crippen molar-refractivity contribution in [3.8, 4) is 0 Å². The molecule has 2 rings (SSSR count). The Morgan fingerprint density at radius 2 is 2.15 bits per heavy atom. The number of aromatic carboxylic acids is 1. The molecular weight excluding hydrogens is 302 g/mol. The molecule has 0 aromatic carbocycles. The quantitative estimate of drug-likeness (QED) is 0.844. The fraction of sp³-hybridized carbons (Fsp3) is 0.167. The molecule has 0 saturated carbocycles. The number of hydrogen-bond donors (Lipinski definition) is 2. The highest BCUT2D eigenvalue weighted by molar-refractivity contribution is 7.09. The van der Waals surface area contributed by atoms with Crippen LogP contribution in [0.2, 0.25) is 5.15 Å². The zero-order valence-corrected chi connectivity index (χ0v) is 12.0. The highest BCUT2D eigenvalue weighted by Gasteiger charge is 2.11. The Bertz CT molecular complexity index is 651.